The average molecular weight is 268 g/mol. The van der Waals surface area contributed by atoms with Gasteiger partial charge in [0.1, 0.15) is 5.69 Å². The zero-order valence-corrected chi connectivity index (χ0v) is 10.6. The maximum Gasteiger partial charge on any atom is 0.352 e. The van der Waals surface area contributed by atoms with Crippen LogP contribution in [-0.4, -0.2) is 64.1 Å². The number of rotatable bonds is 3. The van der Waals surface area contributed by atoms with E-state index in [1.807, 2.05) is 11.9 Å². The fourth-order valence-corrected chi connectivity index (χ4v) is 2.08. The molecule has 1 aromatic rings. The third-order valence-corrected chi connectivity index (χ3v) is 3.23. The van der Waals surface area contributed by atoms with E-state index in [0.29, 0.717) is 0 Å². The van der Waals surface area contributed by atoms with E-state index in [1.165, 1.54) is 0 Å². The normalized spacial score (nSPS) is 17.5. The van der Waals surface area contributed by atoms with Gasteiger partial charge in [-0.25, -0.2) is 9.59 Å². The molecule has 1 saturated heterocycles. The molecule has 8 nitrogen and oxygen atoms in total. The molecular weight excluding hydrogens is 252 g/mol. The van der Waals surface area contributed by atoms with Crippen molar-refractivity contribution in [2.24, 2.45) is 0 Å². The van der Waals surface area contributed by atoms with Gasteiger partial charge < -0.3 is 15.0 Å². The Bertz CT molecular complexity index is 583. The number of H-pyrrole nitrogens is 2. The Morgan fingerprint density at radius 2 is 1.84 bits per heavy atom. The molecule has 0 radical (unpaired) electrons. The quantitative estimate of drug-likeness (QED) is 0.616. The Morgan fingerprint density at radius 3 is 2.42 bits per heavy atom. The third kappa shape index (κ3) is 3.09. The van der Waals surface area contributed by atoms with Gasteiger partial charge in [0.2, 0.25) is 0 Å². The first-order chi connectivity index (χ1) is 8.97. The van der Waals surface area contributed by atoms with Crippen molar-refractivity contribution in [2.45, 2.75) is 6.54 Å². The lowest BCUT2D eigenvalue weighted by Crippen LogP contribution is -2.45. The van der Waals surface area contributed by atoms with Crippen LogP contribution >= 0.6 is 0 Å². The van der Waals surface area contributed by atoms with Gasteiger partial charge in [-0.15, -0.1) is 0 Å². The van der Waals surface area contributed by atoms with Gasteiger partial charge in [0.25, 0.3) is 5.56 Å². The molecule has 8 heteroatoms. The van der Waals surface area contributed by atoms with Crippen molar-refractivity contribution in [1.29, 1.82) is 0 Å². The first-order valence-corrected chi connectivity index (χ1v) is 5.97. The van der Waals surface area contributed by atoms with E-state index in [9.17, 15) is 14.4 Å². The number of carboxylic acid groups (broad SMARTS) is 1. The van der Waals surface area contributed by atoms with Crippen LogP contribution in [0.1, 0.15) is 16.1 Å². The molecule has 1 fully saturated rings. The molecule has 3 N–H and O–H groups in total. The molecule has 0 unspecified atom stereocenters. The van der Waals surface area contributed by atoms with E-state index in [4.69, 9.17) is 5.11 Å². The summed E-state index contributed by atoms with van der Waals surface area (Å²) in [6.45, 7) is 3.47. The first kappa shape index (κ1) is 13.5. The first-order valence-electron chi connectivity index (χ1n) is 5.97. The van der Waals surface area contributed by atoms with Crippen LogP contribution < -0.4 is 11.2 Å². The molecule has 1 aliphatic rings. The minimum Gasteiger partial charge on any atom is -0.477 e. The topological polar surface area (TPSA) is 110 Å². The van der Waals surface area contributed by atoms with E-state index in [-0.39, 0.29) is 17.8 Å². The predicted molar refractivity (Wildman–Crippen MR) is 67.4 cm³/mol. The lowest BCUT2D eigenvalue weighted by molar-refractivity contribution is 0.0685. The number of nitrogens with one attached hydrogen (secondary N) is 2. The van der Waals surface area contributed by atoms with Crippen molar-refractivity contribution in [1.82, 2.24) is 19.8 Å². The maximum absolute atomic E-state index is 11.7. The Labute approximate surface area is 108 Å². The lowest BCUT2D eigenvalue weighted by Gasteiger charge is -2.32. The number of aromatic nitrogens is 2. The van der Waals surface area contributed by atoms with Crippen LogP contribution in [0.3, 0.4) is 0 Å². The van der Waals surface area contributed by atoms with Crippen molar-refractivity contribution in [3.63, 3.8) is 0 Å². The number of likely N-dealkylation sites (N-methyl/N-ethyl adjacent to an activating group) is 1. The van der Waals surface area contributed by atoms with Crippen LogP contribution in [0.4, 0.5) is 0 Å². The third-order valence-electron chi connectivity index (χ3n) is 3.23. The molecule has 0 amide bonds. The van der Waals surface area contributed by atoms with Crippen molar-refractivity contribution in [2.75, 3.05) is 33.2 Å². The number of carboxylic acids is 1. The van der Waals surface area contributed by atoms with Gasteiger partial charge in [-0.1, -0.05) is 0 Å². The fraction of sp³-hybridized carbons (Fsp3) is 0.545. The van der Waals surface area contributed by atoms with Gasteiger partial charge in [0, 0.05) is 32.7 Å². The number of hydrogen-bond donors (Lipinski definition) is 3. The highest BCUT2D eigenvalue weighted by atomic mass is 16.4. The molecule has 19 heavy (non-hydrogen) atoms. The van der Waals surface area contributed by atoms with Crippen molar-refractivity contribution in [3.05, 3.63) is 32.1 Å². The van der Waals surface area contributed by atoms with Crippen LogP contribution in [0, 0.1) is 0 Å². The standard InChI is InChI=1S/C11H16N4O4/c1-14-2-4-15(5-3-14)6-7-8(10(17)18)12-11(19)13-9(7)16/h2-6H2,1H3,(H,17,18)(H2,12,13,16,19). The molecule has 0 atom stereocenters. The number of aromatic amines is 2. The fourth-order valence-electron chi connectivity index (χ4n) is 2.08. The van der Waals surface area contributed by atoms with E-state index in [0.717, 1.165) is 26.2 Å². The molecule has 0 bridgehead atoms. The highest BCUT2D eigenvalue weighted by Gasteiger charge is 2.20. The lowest BCUT2D eigenvalue weighted by atomic mass is 10.2. The molecule has 104 valence electrons. The SMILES string of the molecule is CN1CCN(Cc2c(C(=O)O)[nH]c(=O)[nH]c2=O)CC1. The van der Waals surface area contributed by atoms with E-state index < -0.39 is 17.2 Å². The molecule has 1 aromatic heterocycles. The van der Waals surface area contributed by atoms with Gasteiger partial charge >= 0.3 is 11.7 Å². The summed E-state index contributed by atoms with van der Waals surface area (Å²) in [5.74, 6) is -1.30. The highest BCUT2D eigenvalue weighted by Crippen LogP contribution is 2.06. The van der Waals surface area contributed by atoms with Crippen LogP contribution in [0.15, 0.2) is 9.59 Å². The molecule has 0 spiro atoms. The van der Waals surface area contributed by atoms with Crippen molar-refractivity contribution < 1.29 is 9.90 Å². The summed E-state index contributed by atoms with van der Waals surface area (Å²) in [6.07, 6.45) is 0. The molecular formula is C11H16N4O4. The Morgan fingerprint density at radius 1 is 1.21 bits per heavy atom. The number of nitrogens with zero attached hydrogens (tertiary/aromatic N) is 2. The molecule has 0 aliphatic carbocycles. The molecule has 2 rings (SSSR count). The van der Waals surface area contributed by atoms with Gasteiger partial charge in [0.05, 0.1) is 5.56 Å². The average Bonchev–Trinajstić information content (AvgIpc) is 2.34. The number of piperazine rings is 1. The maximum atomic E-state index is 11.7. The van der Waals surface area contributed by atoms with Gasteiger partial charge in [-0.05, 0) is 7.05 Å². The van der Waals surface area contributed by atoms with Crippen LogP contribution in [0.25, 0.3) is 0 Å². The summed E-state index contributed by atoms with van der Waals surface area (Å²) in [7, 11) is 2.01. The second-order valence-corrected chi connectivity index (χ2v) is 4.65. The van der Waals surface area contributed by atoms with E-state index >= 15 is 0 Å². The molecule has 0 saturated carbocycles. The molecule has 2 heterocycles. The Balaban J connectivity index is 2.27. The summed E-state index contributed by atoms with van der Waals surface area (Å²) >= 11 is 0. The van der Waals surface area contributed by atoms with Crippen LogP contribution in [-0.2, 0) is 6.54 Å². The molecule has 1 aliphatic heterocycles. The summed E-state index contributed by atoms with van der Waals surface area (Å²) < 4.78 is 0. The van der Waals surface area contributed by atoms with E-state index in [2.05, 4.69) is 14.9 Å². The molecule has 0 aromatic carbocycles. The monoisotopic (exact) mass is 268 g/mol. The van der Waals surface area contributed by atoms with Gasteiger partial charge in [-0.2, -0.15) is 0 Å². The van der Waals surface area contributed by atoms with Gasteiger partial charge in [-0.3, -0.25) is 14.7 Å². The predicted octanol–water partition coefficient (Wildman–Crippen LogP) is -1.49. The largest absolute Gasteiger partial charge is 0.477 e. The zero-order chi connectivity index (χ0) is 14.0. The minimum absolute atomic E-state index is 0.0941. The summed E-state index contributed by atoms with van der Waals surface area (Å²) in [5.41, 5.74) is -1.67. The Hall–Kier alpha value is -1.93. The number of aromatic carboxylic acids is 1. The minimum atomic E-state index is -1.30. The van der Waals surface area contributed by atoms with Crippen LogP contribution in [0.2, 0.25) is 0 Å². The highest BCUT2D eigenvalue weighted by molar-refractivity contribution is 5.86. The van der Waals surface area contributed by atoms with Crippen LogP contribution in [0.5, 0.6) is 0 Å². The zero-order valence-electron chi connectivity index (χ0n) is 10.6. The summed E-state index contributed by atoms with van der Waals surface area (Å²) in [4.78, 5) is 42.3. The van der Waals surface area contributed by atoms with Crippen molar-refractivity contribution in [3.8, 4) is 0 Å². The van der Waals surface area contributed by atoms with E-state index in [1.54, 1.807) is 0 Å². The number of hydrogen-bond acceptors (Lipinski definition) is 5. The van der Waals surface area contributed by atoms with Crippen molar-refractivity contribution >= 4 is 5.97 Å². The summed E-state index contributed by atoms with van der Waals surface area (Å²) in [5, 5.41) is 9.04. The number of carbonyl (C=O) groups is 1. The smallest absolute Gasteiger partial charge is 0.352 e. The summed E-state index contributed by atoms with van der Waals surface area (Å²) in [6, 6.07) is 0. The second kappa shape index (κ2) is 5.37. The Kier molecular flexibility index (Phi) is 3.82. The second-order valence-electron chi connectivity index (χ2n) is 4.65. The van der Waals surface area contributed by atoms with Gasteiger partial charge in [0.15, 0.2) is 0 Å².